The number of urea groups is 1. The van der Waals surface area contributed by atoms with E-state index in [2.05, 4.69) is 27.5 Å². The molecule has 1 aliphatic carbocycles. The molecule has 2 aromatic heterocycles. The highest BCUT2D eigenvalue weighted by molar-refractivity contribution is 7.98. The SMILES string of the molecule is COc1nc2c(cc1CN1CCN(C3CC3)CC1=O)CCCN2C(=O)Nc1cc(CCCSC)c(C#N)cn1. The van der Waals surface area contributed by atoms with E-state index in [4.69, 9.17) is 9.72 Å². The number of aryl methyl sites for hydroxylation is 2. The highest BCUT2D eigenvalue weighted by Gasteiger charge is 2.35. The van der Waals surface area contributed by atoms with Crippen molar-refractivity contribution in [2.75, 3.05) is 55.5 Å². The number of thioether (sulfide) groups is 1. The first-order valence-electron chi connectivity index (χ1n) is 13.6. The third kappa shape index (κ3) is 6.28. The van der Waals surface area contributed by atoms with Crippen molar-refractivity contribution in [3.05, 3.63) is 40.6 Å². The van der Waals surface area contributed by atoms with Gasteiger partial charge in [-0.05, 0) is 73.8 Å². The standard InChI is InChI=1S/C28H35N7O3S/c1-38-27-21(17-34-11-10-33(18-25(34)36)23-7-8-23)13-20-5-3-9-35(26(20)32-27)28(37)31-24-14-19(6-4-12-39-2)22(15-29)16-30-24/h13-14,16,23H,3-12,17-18H2,1-2H3,(H,30,31,37). The molecule has 11 heteroatoms. The number of hydrogen-bond donors (Lipinski definition) is 1. The number of carbonyl (C=O) groups is 2. The molecule has 1 saturated heterocycles. The number of nitrogens with zero attached hydrogens (tertiary/aromatic N) is 6. The van der Waals surface area contributed by atoms with Gasteiger partial charge in [0.05, 0.1) is 25.8 Å². The summed E-state index contributed by atoms with van der Waals surface area (Å²) in [5, 5.41) is 12.4. The normalized spacial score (nSPS) is 17.5. The average Bonchev–Trinajstić information content (AvgIpc) is 3.79. The molecule has 0 bridgehead atoms. The largest absolute Gasteiger partial charge is 0.481 e. The number of carbonyl (C=O) groups excluding carboxylic acids is 2. The van der Waals surface area contributed by atoms with Crippen molar-refractivity contribution in [1.82, 2.24) is 19.8 Å². The van der Waals surface area contributed by atoms with E-state index in [1.807, 2.05) is 11.0 Å². The second kappa shape index (κ2) is 12.2. The highest BCUT2D eigenvalue weighted by Crippen LogP contribution is 2.33. The Labute approximate surface area is 233 Å². The van der Waals surface area contributed by atoms with Gasteiger partial charge in [-0.2, -0.15) is 22.0 Å². The molecular formula is C28H35N7O3S. The fourth-order valence-corrected chi connectivity index (χ4v) is 5.76. The number of rotatable bonds is 9. The lowest BCUT2D eigenvalue weighted by Crippen LogP contribution is -2.50. The van der Waals surface area contributed by atoms with Gasteiger partial charge in [-0.25, -0.2) is 9.78 Å². The first-order chi connectivity index (χ1) is 19.0. The molecule has 1 saturated carbocycles. The molecule has 0 unspecified atom stereocenters. The predicted molar refractivity (Wildman–Crippen MR) is 151 cm³/mol. The Hall–Kier alpha value is -3.36. The minimum Gasteiger partial charge on any atom is -0.481 e. The zero-order valence-electron chi connectivity index (χ0n) is 22.6. The molecule has 206 valence electrons. The van der Waals surface area contributed by atoms with Crippen LogP contribution in [0.2, 0.25) is 0 Å². The molecule has 2 aromatic rings. The Morgan fingerprint density at radius 3 is 2.82 bits per heavy atom. The maximum Gasteiger partial charge on any atom is 0.328 e. The summed E-state index contributed by atoms with van der Waals surface area (Å²) >= 11 is 1.76. The number of ether oxygens (including phenoxy) is 1. The Bertz CT molecular complexity index is 1280. The zero-order valence-corrected chi connectivity index (χ0v) is 23.4. The van der Waals surface area contributed by atoms with Crippen LogP contribution in [0, 0.1) is 11.3 Å². The summed E-state index contributed by atoms with van der Waals surface area (Å²) in [5.41, 5.74) is 3.23. The second-order valence-electron chi connectivity index (χ2n) is 10.3. The van der Waals surface area contributed by atoms with E-state index < -0.39 is 0 Å². The van der Waals surface area contributed by atoms with Gasteiger partial charge in [-0.3, -0.25) is 19.9 Å². The van der Waals surface area contributed by atoms with Gasteiger partial charge in [0.2, 0.25) is 11.8 Å². The molecule has 5 rings (SSSR count). The monoisotopic (exact) mass is 549 g/mol. The van der Waals surface area contributed by atoms with Crippen LogP contribution < -0.4 is 15.0 Å². The molecule has 3 amide bonds. The van der Waals surface area contributed by atoms with E-state index in [1.165, 1.54) is 19.0 Å². The third-order valence-electron chi connectivity index (χ3n) is 7.55. The van der Waals surface area contributed by atoms with E-state index in [0.717, 1.165) is 54.7 Å². The Morgan fingerprint density at radius 2 is 2.10 bits per heavy atom. The molecule has 10 nitrogen and oxygen atoms in total. The topological polar surface area (TPSA) is 115 Å². The van der Waals surface area contributed by atoms with Crippen LogP contribution in [0.15, 0.2) is 18.3 Å². The van der Waals surface area contributed by atoms with Crippen LogP contribution in [0.5, 0.6) is 5.88 Å². The van der Waals surface area contributed by atoms with Crippen LogP contribution in [-0.2, 0) is 24.2 Å². The maximum atomic E-state index is 13.4. The summed E-state index contributed by atoms with van der Waals surface area (Å²) < 4.78 is 5.63. The summed E-state index contributed by atoms with van der Waals surface area (Å²) in [6.45, 7) is 3.03. The zero-order chi connectivity index (χ0) is 27.4. The number of methoxy groups -OCH3 is 1. The van der Waals surface area contributed by atoms with Crippen LogP contribution in [0.25, 0.3) is 0 Å². The molecule has 0 atom stereocenters. The number of aromatic nitrogens is 2. The van der Waals surface area contributed by atoms with Crippen LogP contribution in [0.1, 0.15) is 47.9 Å². The van der Waals surface area contributed by atoms with E-state index in [-0.39, 0.29) is 11.9 Å². The van der Waals surface area contributed by atoms with E-state index in [1.54, 1.807) is 29.8 Å². The summed E-state index contributed by atoms with van der Waals surface area (Å²) in [6, 6.07) is 6.28. The van der Waals surface area contributed by atoms with Gasteiger partial charge in [0.1, 0.15) is 17.7 Å². The van der Waals surface area contributed by atoms with Crippen molar-refractivity contribution in [1.29, 1.82) is 5.26 Å². The van der Waals surface area contributed by atoms with Crippen molar-refractivity contribution in [3.8, 4) is 11.9 Å². The number of pyridine rings is 2. The fraction of sp³-hybridized carbons (Fsp3) is 0.536. The molecule has 0 aromatic carbocycles. The second-order valence-corrected chi connectivity index (χ2v) is 11.3. The fourth-order valence-electron chi connectivity index (χ4n) is 5.32. The first kappa shape index (κ1) is 27.2. The maximum absolute atomic E-state index is 13.4. The molecule has 39 heavy (non-hydrogen) atoms. The predicted octanol–water partition coefficient (Wildman–Crippen LogP) is 3.44. The summed E-state index contributed by atoms with van der Waals surface area (Å²) in [5.74, 6) is 2.55. The summed E-state index contributed by atoms with van der Waals surface area (Å²) in [7, 11) is 1.57. The van der Waals surface area contributed by atoms with Gasteiger partial charge in [-0.1, -0.05) is 0 Å². The number of piperazine rings is 1. The molecule has 3 aliphatic rings. The van der Waals surface area contributed by atoms with E-state index in [9.17, 15) is 14.9 Å². The first-order valence-corrected chi connectivity index (χ1v) is 14.9. The average molecular weight is 550 g/mol. The van der Waals surface area contributed by atoms with Gasteiger partial charge < -0.3 is 9.64 Å². The number of nitrogens with one attached hydrogen (secondary N) is 1. The van der Waals surface area contributed by atoms with Crippen LogP contribution in [0.3, 0.4) is 0 Å². The Morgan fingerprint density at radius 1 is 1.26 bits per heavy atom. The number of hydrogen-bond acceptors (Lipinski definition) is 8. The van der Waals surface area contributed by atoms with Crippen molar-refractivity contribution in [2.45, 2.75) is 51.1 Å². The van der Waals surface area contributed by atoms with Gasteiger partial charge in [0, 0.05) is 37.4 Å². The number of fused-ring (bicyclic) bond motifs is 1. The lowest BCUT2D eigenvalue weighted by atomic mass is 10.0. The van der Waals surface area contributed by atoms with Crippen LogP contribution in [-0.4, -0.2) is 83.0 Å². The lowest BCUT2D eigenvalue weighted by Gasteiger charge is -2.35. The van der Waals surface area contributed by atoms with Crippen LogP contribution >= 0.6 is 11.8 Å². The Kier molecular flexibility index (Phi) is 8.53. The van der Waals surface area contributed by atoms with Gasteiger partial charge in [0.25, 0.3) is 0 Å². The minimum absolute atomic E-state index is 0.136. The smallest absolute Gasteiger partial charge is 0.328 e. The third-order valence-corrected chi connectivity index (χ3v) is 8.25. The van der Waals surface area contributed by atoms with Crippen molar-refractivity contribution < 1.29 is 14.3 Å². The quantitative estimate of drug-likeness (QED) is 0.473. The van der Waals surface area contributed by atoms with Crippen molar-refractivity contribution >= 4 is 35.3 Å². The number of amides is 3. The van der Waals surface area contributed by atoms with Crippen LogP contribution in [0.4, 0.5) is 16.4 Å². The van der Waals surface area contributed by atoms with Gasteiger partial charge in [0.15, 0.2) is 0 Å². The summed E-state index contributed by atoms with van der Waals surface area (Å²) in [6.07, 6.45) is 9.26. The van der Waals surface area contributed by atoms with Gasteiger partial charge >= 0.3 is 6.03 Å². The van der Waals surface area contributed by atoms with E-state index in [0.29, 0.717) is 55.3 Å². The van der Waals surface area contributed by atoms with Crippen molar-refractivity contribution in [3.63, 3.8) is 0 Å². The highest BCUT2D eigenvalue weighted by atomic mass is 32.2. The van der Waals surface area contributed by atoms with Crippen molar-refractivity contribution in [2.24, 2.45) is 0 Å². The lowest BCUT2D eigenvalue weighted by molar-refractivity contribution is -0.136. The molecule has 1 N–H and O–H groups in total. The Balaban J connectivity index is 1.30. The molecule has 2 fully saturated rings. The molecular weight excluding hydrogens is 514 g/mol. The summed E-state index contributed by atoms with van der Waals surface area (Å²) in [4.78, 5) is 41.0. The molecule has 0 spiro atoms. The van der Waals surface area contributed by atoms with E-state index >= 15 is 0 Å². The van der Waals surface area contributed by atoms with Gasteiger partial charge in [-0.15, -0.1) is 0 Å². The molecule has 4 heterocycles. The number of anilines is 2. The minimum atomic E-state index is -0.322. The molecule has 0 radical (unpaired) electrons. The molecule has 2 aliphatic heterocycles. The number of nitriles is 1.